The number of aryl methyl sites for hydroxylation is 1. The molecule has 4 aliphatic rings. The van der Waals surface area contributed by atoms with Crippen LogP contribution in [-0.2, 0) is 27.1 Å². The third kappa shape index (κ3) is 6.31. The number of benzene rings is 7. The molecule has 1 atom stereocenters. The van der Waals surface area contributed by atoms with Crippen molar-refractivity contribution >= 4 is 89.3 Å². The Kier molecular flexibility index (Phi) is 9.30. The summed E-state index contributed by atoms with van der Waals surface area (Å²) in [5.41, 5.74) is 24.9. The van der Waals surface area contributed by atoms with Gasteiger partial charge in [-0.15, -0.1) is 22.7 Å². The molecule has 2 aliphatic carbocycles. The molecular formula is C66H63BN2S2. The first-order valence-corrected chi connectivity index (χ1v) is 27.3. The fourth-order valence-electron chi connectivity index (χ4n) is 12.6. The van der Waals surface area contributed by atoms with Gasteiger partial charge in [-0.1, -0.05) is 168 Å². The van der Waals surface area contributed by atoms with Crippen LogP contribution in [0.1, 0.15) is 132 Å². The second-order valence-corrected chi connectivity index (χ2v) is 27.4. The van der Waals surface area contributed by atoms with Gasteiger partial charge in [0.05, 0.1) is 11.1 Å². The topological polar surface area (TPSA) is 6.48 Å². The molecule has 9 aromatic rings. The summed E-state index contributed by atoms with van der Waals surface area (Å²) in [6, 6.07) is 57.8. The first-order valence-electron chi connectivity index (χ1n) is 25.7. The van der Waals surface area contributed by atoms with Gasteiger partial charge in [0.1, 0.15) is 0 Å². The third-order valence-corrected chi connectivity index (χ3v) is 18.7. The zero-order valence-corrected chi connectivity index (χ0v) is 45.3. The molecule has 0 fully saturated rings. The highest BCUT2D eigenvalue weighted by molar-refractivity contribution is 7.33. The van der Waals surface area contributed by atoms with Gasteiger partial charge in [0.2, 0.25) is 0 Å². The SMILES string of the molecule is Cc1cc2c(s1)C1(c3ccccc3-c3cc4c5c(sc4cc31)B1c3ccc(C(C)(C)C)cc3N(c3ccc(C(C)(C)C)cc3)c3cc(C(C)(C)C)cc(c31)N5c1ccc(C(C)(C)C)cc1)c1ccccc1-2. The molecule has 2 aromatic heterocycles. The average Bonchev–Trinajstić information content (AvgIpc) is 4.04. The summed E-state index contributed by atoms with van der Waals surface area (Å²) in [6.07, 6.45) is 0. The highest BCUT2D eigenvalue weighted by Crippen LogP contribution is 2.65. The van der Waals surface area contributed by atoms with Gasteiger partial charge in [-0.2, -0.15) is 0 Å². The van der Waals surface area contributed by atoms with Crippen LogP contribution in [0.3, 0.4) is 0 Å². The van der Waals surface area contributed by atoms with Gasteiger partial charge in [-0.05, 0) is 161 Å². The molecule has 5 heteroatoms. The molecule has 13 rings (SSSR count). The van der Waals surface area contributed by atoms with Gasteiger partial charge in [0.15, 0.2) is 0 Å². The predicted molar refractivity (Wildman–Crippen MR) is 310 cm³/mol. The smallest absolute Gasteiger partial charge is 0.264 e. The van der Waals surface area contributed by atoms with Crippen LogP contribution in [0.4, 0.5) is 34.1 Å². The van der Waals surface area contributed by atoms with Gasteiger partial charge in [0, 0.05) is 53.1 Å². The maximum Gasteiger partial charge on any atom is 0.264 e. The van der Waals surface area contributed by atoms with Crippen molar-refractivity contribution < 1.29 is 0 Å². The van der Waals surface area contributed by atoms with E-state index in [0.29, 0.717) is 0 Å². The van der Waals surface area contributed by atoms with Crippen LogP contribution < -0.4 is 25.5 Å². The summed E-state index contributed by atoms with van der Waals surface area (Å²) in [6.45, 7) is 30.4. The molecule has 2 aliphatic heterocycles. The Bertz CT molecular complexity index is 3710. The highest BCUT2D eigenvalue weighted by Gasteiger charge is 2.54. The Labute approximate surface area is 430 Å². The summed E-state index contributed by atoms with van der Waals surface area (Å²) in [5, 5.41) is 1.32. The van der Waals surface area contributed by atoms with Crippen LogP contribution in [0.5, 0.6) is 0 Å². The van der Waals surface area contributed by atoms with Crippen molar-refractivity contribution in [2.75, 3.05) is 9.80 Å². The fourth-order valence-corrected chi connectivity index (χ4v) is 15.2. The number of fused-ring (bicyclic) bond motifs is 16. The van der Waals surface area contributed by atoms with Gasteiger partial charge >= 0.3 is 0 Å². The number of hydrogen-bond acceptors (Lipinski definition) is 4. The number of anilines is 6. The summed E-state index contributed by atoms with van der Waals surface area (Å²) < 4.78 is 2.75. The minimum atomic E-state index is -0.375. The quantitative estimate of drug-likeness (QED) is 0.159. The lowest BCUT2D eigenvalue weighted by atomic mass is 9.36. The van der Waals surface area contributed by atoms with Gasteiger partial charge in [-0.25, -0.2) is 0 Å². The fraction of sp³-hybridized carbons (Fsp3) is 0.273. The minimum Gasteiger partial charge on any atom is -0.311 e. The summed E-state index contributed by atoms with van der Waals surface area (Å²) in [5.74, 6) is 0. The number of nitrogens with zero attached hydrogens (tertiary/aromatic N) is 2. The zero-order valence-electron chi connectivity index (χ0n) is 43.6. The normalized spacial score (nSPS) is 16.5. The lowest BCUT2D eigenvalue weighted by molar-refractivity contribution is 0.589. The Balaban J connectivity index is 1.15. The number of thiophene rings is 2. The van der Waals surface area contributed by atoms with E-state index < -0.39 is 0 Å². The van der Waals surface area contributed by atoms with E-state index in [1.165, 1.54) is 131 Å². The first-order chi connectivity index (χ1) is 33.6. The molecule has 0 radical (unpaired) electrons. The van der Waals surface area contributed by atoms with E-state index in [2.05, 4.69) is 245 Å². The molecule has 4 heterocycles. The van der Waals surface area contributed by atoms with E-state index in [1.807, 2.05) is 22.7 Å². The van der Waals surface area contributed by atoms with Gasteiger partial charge < -0.3 is 9.80 Å². The van der Waals surface area contributed by atoms with Crippen molar-refractivity contribution in [1.29, 1.82) is 0 Å². The van der Waals surface area contributed by atoms with Crippen LogP contribution in [0, 0.1) is 6.92 Å². The molecule has 352 valence electrons. The molecule has 0 saturated carbocycles. The lowest BCUT2D eigenvalue weighted by Gasteiger charge is -2.44. The maximum absolute atomic E-state index is 2.68. The molecule has 1 spiro atoms. The molecule has 0 amide bonds. The highest BCUT2D eigenvalue weighted by atomic mass is 32.1. The minimum absolute atomic E-state index is 0.0236. The summed E-state index contributed by atoms with van der Waals surface area (Å²) in [7, 11) is 0. The van der Waals surface area contributed by atoms with Crippen molar-refractivity contribution in [2.45, 2.75) is 117 Å². The Morgan fingerprint density at radius 2 is 0.944 bits per heavy atom. The molecular weight excluding hydrogens is 896 g/mol. The lowest BCUT2D eigenvalue weighted by Crippen LogP contribution is -2.60. The molecule has 71 heavy (non-hydrogen) atoms. The van der Waals surface area contributed by atoms with Crippen molar-refractivity contribution in [3.8, 4) is 22.3 Å². The Morgan fingerprint density at radius 1 is 0.437 bits per heavy atom. The first kappa shape index (κ1) is 44.8. The van der Waals surface area contributed by atoms with E-state index in [4.69, 9.17) is 0 Å². The van der Waals surface area contributed by atoms with E-state index in [1.54, 1.807) is 0 Å². The Morgan fingerprint density at radius 3 is 1.52 bits per heavy atom. The molecule has 2 nitrogen and oxygen atoms in total. The molecule has 0 bridgehead atoms. The predicted octanol–water partition coefficient (Wildman–Crippen LogP) is 16.9. The largest absolute Gasteiger partial charge is 0.311 e. The molecule has 0 N–H and O–H groups in total. The average molecular weight is 959 g/mol. The summed E-state index contributed by atoms with van der Waals surface area (Å²) >= 11 is 4.01. The van der Waals surface area contributed by atoms with Crippen molar-refractivity contribution in [1.82, 2.24) is 0 Å². The monoisotopic (exact) mass is 958 g/mol. The maximum atomic E-state index is 2.68. The Hall–Kier alpha value is -6.14. The van der Waals surface area contributed by atoms with Gasteiger partial charge in [0.25, 0.3) is 6.71 Å². The van der Waals surface area contributed by atoms with Crippen molar-refractivity contribution in [3.63, 3.8) is 0 Å². The van der Waals surface area contributed by atoms with Crippen molar-refractivity contribution in [2.24, 2.45) is 0 Å². The van der Waals surface area contributed by atoms with E-state index in [9.17, 15) is 0 Å². The molecule has 7 aromatic carbocycles. The number of hydrogen-bond donors (Lipinski definition) is 0. The third-order valence-electron chi connectivity index (χ3n) is 16.4. The van der Waals surface area contributed by atoms with Crippen LogP contribution in [0.25, 0.3) is 32.3 Å². The van der Waals surface area contributed by atoms with Crippen LogP contribution in [0.15, 0.2) is 146 Å². The second-order valence-electron chi connectivity index (χ2n) is 25.0. The van der Waals surface area contributed by atoms with Crippen molar-refractivity contribution in [3.05, 3.63) is 194 Å². The molecule has 1 unspecified atom stereocenters. The number of rotatable bonds is 2. The van der Waals surface area contributed by atoms with Gasteiger partial charge in [-0.3, -0.25) is 0 Å². The van der Waals surface area contributed by atoms with Crippen LogP contribution in [-0.4, -0.2) is 6.71 Å². The van der Waals surface area contributed by atoms with Crippen LogP contribution in [0.2, 0.25) is 0 Å². The van der Waals surface area contributed by atoms with E-state index in [0.717, 1.165) is 0 Å². The standard InChI is InChI=1S/C66H63BN2S2/c1-38-32-48-46-19-15-17-21-51(46)66(60(48)70-38)50-20-16-14-18-45(50)47-36-49-57(37-52(47)66)71-61-59(49)69(44-29-24-40(25-30-44)63(5,6)7)56-35-42(65(11,12)13)34-55-58(56)67(61)53-31-26-41(64(8,9)10)33-54(53)68(55)43-27-22-39(23-28-43)62(2,3)4/h14-37H,1-13H3. The van der Waals surface area contributed by atoms with E-state index >= 15 is 0 Å². The van der Waals surface area contributed by atoms with Crippen LogP contribution >= 0.6 is 22.7 Å². The summed E-state index contributed by atoms with van der Waals surface area (Å²) in [4.78, 5) is 8.12. The second kappa shape index (κ2) is 14.7. The zero-order chi connectivity index (χ0) is 49.5. The molecule has 0 saturated heterocycles. The van der Waals surface area contributed by atoms with E-state index in [-0.39, 0.29) is 33.8 Å².